The van der Waals surface area contributed by atoms with Crippen LogP contribution in [0.5, 0.6) is 0 Å². The molecule has 1 atom stereocenters. The summed E-state index contributed by atoms with van der Waals surface area (Å²) >= 11 is 0. The lowest BCUT2D eigenvalue weighted by atomic mass is 9.75. The molecule has 5 nitrogen and oxygen atoms in total. The summed E-state index contributed by atoms with van der Waals surface area (Å²) < 4.78 is 7.41. The van der Waals surface area contributed by atoms with Crippen LogP contribution in [0.4, 0.5) is 0 Å². The van der Waals surface area contributed by atoms with Gasteiger partial charge in [-0.3, -0.25) is 9.48 Å². The molecule has 0 aliphatic heterocycles. The smallest absolute Gasteiger partial charge is 0.254 e. The van der Waals surface area contributed by atoms with E-state index in [2.05, 4.69) is 24.3 Å². The van der Waals surface area contributed by atoms with Crippen LogP contribution in [-0.2, 0) is 11.3 Å². The first-order valence-electron chi connectivity index (χ1n) is 7.35. The number of aromatic nitrogens is 2. The monoisotopic (exact) mass is 279 g/mol. The van der Waals surface area contributed by atoms with Gasteiger partial charge in [0.25, 0.3) is 5.91 Å². The minimum absolute atomic E-state index is 0.0159. The number of carbonyl (C=O) groups excluding carboxylic acids is 1. The van der Waals surface area contributed by atoms with Crippen molar-refractivity contribution in [2.75, 3.05) is 7.11 Å². The Kier molecular flexibility index (Phi) is 4.48. The lowest BCUT2D eigenvalue weighted by Crippen LogP contribution is -2.56. The zero-order chi connectivity index (χ0) is 14.8. The van der Waals surface area contributed by atoms with Crippen molar-refractivity contribution < 1.29 is 9.53 Å². The van der Waals surface area contributed by atoms with Gasteiger partial charge in [-0.2, -0.15) is 5.10 Å². The lowest BCUT2D eigenvalue weighted by molar-refractivity contribution is -0.0919. The van der Waals surface area contributed by atoms with Crippen LogP contribution in [0, 0.1) is 5.92 Å². The third kappa shape index (κ3) is 3.03. The molecule has 2 rings (SSSR count). The van der Waals surface area contributed by atoms with E-state index in [0.717, 1.165) is 19.4 Å². The maximum atomic E-state index is 12.2. The Hall–Kier alpha value is -1.36. The van der Waals surface area contributed by atoms with E-state index in [1.54, 1.807) is 13.3 Å². The second-order valence-electron chi connectivity index (χ2n) is 6.16. The lowest BCUT2D eigenvalue weighted by Gasteiger charge is -2.45. The van der Waals surface area contributed by atoms with Crippen molar-refractivity contribution in [1.29, 1.82) is 0 Å². The first-order valence-corrected chi connectivity index (χ1v) is 7.35. The number of rotatable bonds is 6. The molecule has 1 aromatic rings. The van der Waals surface area contributed by atoms with Gasteiger partial charge in [0.05, 0.1) is 23.4 Å². The van der Waals surface area contributed by atoms with Crippen LogP contribution in [-0.4, -0.2) is 34.4 Å². The van der Waals surface area contributed by atoms with Crippen molar-refractivity contribution in [1.82, 2.24) is 15.1 Å². The minimum atomic E-state index is -0.177. The maximum Gasteiger partial charge on any atom is 0.254 e. The average Bonchev–Trinajstić information content (AvgIpc) is 2.75. The van der Waals surface area contributed by atoms with Crippen molar-refractivity contribution in [2.24, 2.45) is 5.92 Å². The van der Waals surface area contributed by atoms with E-state index in [9.17, 15) is 4.79 Å². The number of hydrogen-bond donors (Lipinski definition) is 1. The van der Waals surface area contributed by atoms with E-state index in [4.69, 9.17) is 4.74 Å². The summed E-state index contributed by atoms with van der Waals surface area (Å²) in [5.41, 5.74) is 0.437. The number of nitrogens with one attached hydrogen (secondary N) is 1. The molecule has 112 valence electrons. The summed E-state index contributed by atoms with van der Waals surface area (Å²) in [5.74, 6) is 0.437. The van der Waals surface area contributed by atoms with Crippen LogP contribution in [0.25, 0.3) is 0 Å². The van der Waals surface area contributed by atoms with Gasteiger partial charge in [0.1, 0.15) is 0 Å². The summed E-state index contributed by atoms with van der Waals surface area (Å²) in [5, 5.41) is 7.27. The van der Waals surface area contributed by atoms with Crippen LogP contribution in [0.2, 0.25) is 0 Å². The molecule has 1 unspecified atom stereocenters. The molecule has 20 heavy (non-hydrogen) atoms. The second-order valence-corrected chi connectivity index (χ2v) is 6.16. The molecule has 1 fully saturated rings. The molecule has 0 bridgehead atoms. The highest BCUT2D eigenvalue weighted by Crippen LogP contribution is 2.37. The van der Waals surface area contributed by atoms with Crippen molar-refractivity contribution in [3.63, 3.8) is 0 Å². The van der Waals surface area contributed by atoms with Crippen molar-refractivity contribution in [3.05, 3.63) is 18.0 Å². The fourth-order valence-corrected chi connectivity index (χ4v) is 2.71. The molecular formula is C15H25N3O2. The predicted octanol–water partition coefficient (Wildman–Crippen LogP) is 2.23. The summed E-state index contributed by atoms with van der Waals surface area (Å²) in [6.07, 6.45) is 6.63. The zero-order valence-corrected chi connectivity index (χ0v) is 12.8. The SMILES string of the molecule is COC1(C(C)NC(=O)c2cnn(CC(C)C)c2)CCC1. The molecule has 5 heteroatoms. The predicted molar refractivity (Wildman–Crippen MR) is 77.6 cm³/mol. The van der Waals surface area contributed by atoms with Crippen molar-refractivity contribution >= 4 is 5.91 Å². The standard InChI is InChI=1S/C15H25N3O2/c1-11(2)9-18-10-13(8-16-18)14(19)17-12(3)15(20-4)6-5-7-15/h8,10-12H,5-7,9H2,1-4H3,(H,17,19). The third-order valence-electron chi connectivity index (χ3n) is 4.19. The Morgan fingerprint density at radius 2 is 2.20 bits per heavy atom. The Bertz CT molecular complexity index is 458. The topological polar surface area (TPSA) is 56.1 Å². The maximum absolute atomic E-state index is 12.2. The van der Waals surface area contributed by atoms with Crippen molar-refractivity contribution in [2.45, 2.75) is 58.2 Å². The Balaban J connectivity index is 1.96. The highest BCUT2D eigenvalue weighted by atomic mass is 16.5. The van der Waals surface area contributed by atoms with Crippen molar-refractivity contribution in [3.8, 4) is 0 Å². The number of ether oxygens (including phenoxy) is 1. The molecule has 0 saturated heterocycles. The number of methoxy groups -OCH3 is 1. The number of nitrogens with zero attached hydrogens (tertiary/aromatic N) is 2. The van der Waals surface area contributed by atoms with Gasteiger partial charge in [0, 0.05) is 19.9 Å². The van der Waals surface area contributed by atoms with Gasteiger partial charge in [0.15, 0.2) is 0 Å². The summed E-state index contributed by atoms with van der Waals surface area (Å²) in [4.78, 5) is 12.2. The average molecular weight is 279 g/mol. The summed E-state index contributed by atoms with van der Waals surface area (Å²) in [7, 11) is 1.72. The van der Waals surface area contributed by atoms with E-state index in [-0.39, 0.29) is 17.6 Å². The Labute approximate surface area is 120 Å². The molecule has 1 aliphatic carbocycles. The zero-order valence-electron chi connectivity index (χ0n) is 12.8. The Morgan fingerprint density at radius 1 is 1.50 bits per heavy atom. The fourth-order valence-electron chi connectivity index (χ4n) is 2.71. The van der Waals surface area contributed by atoms with Crippen LogP contribution in [0.1, 0.15) is 50.4 Å². The van der Waals surface area contributed by atoms with Gasteiger partial charge in [-0.25, -0.2) is 0 Å². The first kappa shape index (κ1) is 15.0. The van der Waals surface area contributed by atoms with Crippen LogP contribution < -0.4 is 5.32 Å². The second kappa shape index (κ2) is 5.95. The molecule has 1 N–H and O–H groups in total. The van der Waals surface area contributed by atoms with E-state index < -0.39 is 0 Å². The molecule has 0 radical (unpaired) electrons. The van der Waals surface area contributed by atoms with Gasteiger partial charge in [-0.05, 0) is 32.1 Å². The molecule has 1 aromatic heterocycles. The molecule has 0 spiro atoms. The van der Waals surface area contributed by atoms with Crippen LogP contribution in [0.3, 0.4) is 0 Å². The van der Waals surface area contributed by atoms with Gasteiger partial charge in [0.2, 0.25) is 0 Å². The number of hydrogen-bond acceptors (Lipinski definition) is 3. The summed E-state index contributed by atoms with van der Waals surface area (Å²) in [6.45, 7) is 7.09. The highest BCUT2D eigenvalue weighted by molar-refractivity contribution is 5.93. The number of carbonyl (C=O) groups is 1. The largest absolute Gasteiger partial charge is 0.376 e. The molecule has 1 aliphatic rings. The van der Waals surface area contributed by atoms with Gasteiger partial charge >= 0.3 is 0 Å². The van der Waals surface area contributed by atoms with Gasteiger partial charge in [-0.1, -0.05) is 13.8 Å². The number of amides is 1. The first-order chi connectivity index (χ1) is 9.47. The fraction of sp³-hybridized carbons (Fsp3) is 0.733. The highest BCUT2D eigenvalue weighted by Gasteiger charge is 2.42. The van der Waals surface area contributed by atoms with Gasteiger partial charge in [-0.15, -0.1) is 0 Å². The Morgan fingerprint density at radius 3 is 2.70 bits per heavy atom. The van der Waals surface area contributed by atoms with E-state index in [1.807, 2.05) is 17.8 Å². The molecular weight excluding hydrogens is 254 g/mol. The van der Waals surface area contributed by atoms with E-state index >= 15 is 0 Å². The molecule has 1 saturated carbocycles. The molecule has 0 aromatic carbocycles. The van der Waals surface area contributed by atoms with Gasteiger partial charge < -0.3 is 10.1 Å². The van der Waals surface area contributed by atoms with Crippen LogP contribution in [0.15, 0.2) is 12.4 Å². The van der Waals surface area contributed by atoms with Crippen LogP contribution >= 0.6 is 0 Å². The third-order valence-corrected chi connectivity index (χ3v) is 4.19. The van der Waals surface area contributed by atoms with E-state index in [0.29, 0.717) is 11.5 Å². The molecule has 1 heterocycles. The molecule has 1 amide bonds. The quantitative estimate of drug-likeness (QED) is 0.868. The summed E-state index contributed by atoms with van der Waals surface area (Å²) in [6, 6.07) is 0.0159. The normalized spacial score (nSPS) is 18.6. The van der Waals surface area contributed by atoms with E-state index in [1.165, 1.54) is 6.42 Å². The minimum Gasteiger partial charge on any atom is -0.376 e.